The fourth-order valence-electron chi connectivity index (χ4n) is 4.57. The number of aryl methyl sites for hydroxylation is 2. The van der Waals surface area contributed by atoms with Gasteiger partial charge in [0.2, 0.25) is 5.56 Å². The summed E-state index contributed by atoms with van der Waals surface area (Å²) in [6.45, 7) is 6.70. The van der Waals surface area contributed by atoms with Gasteiger partial charge < -0.3 is 25.7 Å². The predicted molar refractivity (Wildman–Crippen MR) is 140 cm³/mol. The molecule has 3 heterocycles. The highest BCUT2D eigenvalue weighted by Crippen LogP contribution is 2.29. The molecule has 0 aromatic carbocycles. The van der Waals surface area contributed by atoms with E-state index >= 15 is 0 Å². The van der Waals surface area contributed by atoms with Gasteiger partial charge in [-0.3, -0.25) is 9.59 Å². The topological polar surface area (TPSA) is 129 Å². The minimum atomic E-state index is -0.602. The maximum Gasteiger partial charge on any atom is 0.323 e. The van der Waals surface area contributed by atoms with Gasteiger partial charge in [0.15, 0.2) is 5.65 Å². The van der Waals surface area contributed by atoms with Crippen molar-refractivity contribution in [2.75, 3.05) is 17.2 Å². The highest BCUT2D eigenvalue weighted by atomic mass is 16.5. The van der Waals surface area contributed by atoms with Crippen LogP contribution in [0.3, 0.4) is 0 Å². The third kappa shape index (κ3) is 5.87. The Kier molecular flexibility index (Phi) is 7.93. The molecule has 3 aromatic rings. The fourth-order valence-corrected chi connectivity index (χ4v) is 4.57. The average Bonchev–Trinajstić information content (AvgIpc) is 3.24. The van der Waals surface area contributed by atoms with Crippen molar-refractivity contribution in [3.63, 3.8) is 0 Å². The monoisotopic (exact) mass is 495 g/mol. The van der Waals surface area contributed by atoms with Crippen LogP contribution >= 0.6 is 0 Å². The Bertz CT molecular complexity index is 1270. The lowest BCUT2D eigenvalue weighted by molar-refractivity contribution is -0.148. The molecule has 3 aromatic heterocycles. The van der Waals surface area contributed by atoms with E-state index in [2.05, 4.69) is 15.7 Å². The summed E-state index contributed by atoms with van der Waals surface area (Å²) in [6, 6.07) is 4.87. The molecule has 1 fully saturated rings. The zero-order valence-corrected chi connectivity index (χ0v) is 21.5. The molecule has 10 nitrogen and oxygen atoms in total. The molecule has 0 aliphatic heterocycles. The average molecular weight is 496 g/mol. The summed E-state index contributed by atoms with van der Waals surface area (Å²) in [4.78, 5) is 28.8. The van der Waals surface area contributed by atoms with E-state index in [9.17, 15) is 9.59 Å². The molecular weight excluding hydrogens is 458 g/mol. The first-order chi connectivity index (χ1) is 17.2. The van der Waals surface area contributed by atoms with Crippen molar-refractivity contribution in [2.24, 2.45) is 24.6 Å². The third-order valence-electron chi connectivity index (χ3n) is 6.94. The molecule has 36 heavy (non-hydrogen) atoms. The van der Waals surface area contributed by atoms with Crippen molar-refractivity contribution >= 4 is 23.3 Å². The normalized spacial score (nSPS) is 18.8. The van der Waals surface area contributed by atoms with E-state index in [0.717, 1.165) is 54.1 Å². The van der Waals surface area contributed by atoms with Crippen LogP contribution in [-0.4, -0.2) is 43.8 Å². The molecule has 0 amide bonds. The summed E-state index contributed by atoms with van der Waals surface area (Å²) in [5.41, 5.74) is 8.64. The number of nitrogens with zero attached hydrogens (tertiary/aromatic N) is 4. The van der Waals surface area contributed by atoms with Crippen molar-refractivity contribution < 1.29 is 9.53 Å². The quantitative estimate of drug-likeness (QED) is 0.387. The molecule has 0 spiro atoms. The highest BCUT2D eigenvalue weighted by molar-refractivity contribution is 5.75. The van der Waals surface area contributed by atoms with Crippen LogP contribution in [0.25, 0.3) is 5.65 Å². The SMILES string of the molecule is Cc1cnn2c(NCc3ccc(=O)n(C)c3)cc(N[C@H]3CCCC[C@H]3COC(=O)[C@H](N)C(C)C)nc12. The molecule has 1 aliphatic carbocycles. The Morgan fingerprint density at radius 1 is 1.28 bits per heavy atom. The first-order valence-electron chi connectivity index (χ1n) is 12.7. The maximum atomic E-state index is 12.3. The van der Waals surface area contributed by atoms with E-state index in [1.165, 1.54) is 0 Å². The first kappa shape index (κ1) is 25.7. The zero-order valence-electron chi connectivity index (χ0n) is 21.5. The standard InChI is InChI=1S/C26H37N7O3/c1-16(2)24(27)26(35)36-15-19-7-5-6-8-20(19)30-21-11-22(33-25(31-21)17(3)12-29-33)28-13-18-9-10-23(34)32(4)14-18/h9-12,14,16,19-20,24,28H,5-8,13,15,27H2,1-4H3,(H,30,31)/t19-,20-,24+/m0/s1. The molecule has 10 heteroatoms. The summed E-state index contributed by atoms with van der Waals surface area (Å²) >= 11 is 0. The highest BCUT2D eigenvalue weighted by Gasteiger charge is 2.28. The third-order valence-corrected chi connectivity index (χ3v) is 6.94. The Morgan fingerprint density at radius 3 is 2.81 bits per heavy atom. The molecule has 194 valence electrons. The van der Waals surface area contributed by atoms with Crippen molar-refractivity contribution in [3.05, 3.63) is 52.1 Å². The number of fused-ring (bicyclic) bond motifs is 1. The molecule has 1 aliphatic rings. The van der Waals surface area contributed by atoms with E-state index in [1.54, 1.807) is 28.4 Å². The van der Waals surface area contributed by atoms with E-state index < -0.39 is 6.04 Å². The van der Waals surface area contributed by atoms with Crippen molar-refractivity contribution in [2.45, 2.75) is 65.1 Å². The number of anilines is 2. The fraction of sp³-hybridized carbons (Fsp3) is 0.538. The number of rotatable bonds is 9. The van der Waals surface area contributed by atoms with Crippen LogP contribution in [0.5, 0.6) is 0 Å². The second-order valence-corrected chi connectivity index (χ2v) is 10.1. The zero-order chi connectivity index (χ0) is 25.8. The van der Waals surface area contributed by atoms with Gasteiger partial charge in [-0.05, 0) is 31.2 Å². The molecule has 0 unspecified atom stereocenters. The number of ether oxygens (including phenoxy) is 1. The lowest BCUT2D eigenvalue weighted by atomic mass is 9.85. The summed E-state index contributed by atoms with van der Waals surface area (Å²) in [6.07, 6.45) is 7.79. The minimum Gasteiger partial charge on any atom is -0.464 e. The van der Waals surface area contributed by atoms with Crippen LogP contribution < -0.4 is 21.9 Å². The molecule has 4 N–H and O–H groups in total. The number of carbonyl (C=O) groups excluding carboxylic acids is 1. The van der Waals surface area contributed by atoms with Gasteiger partial charge in [0.05, 0.1) is 12.8 Å². The van der Waals surface area contributed by atoms with E-state index in [-0.39, 0.29) is 29.4 Å². The summed E-state index contributed by atoms with van der Waals surface area (Å²) in [5, 5.41) is 11.5. The number of esters is 1. The Hall–Kier alpha value is -3.40. The van der Waals surface area contributed by atoms with Crippen LogP contribution in [0.2, 0.25) is 0 Å². The van der Waals surface area contributed by atoms with Gasteiger partial charge >= 0.3 is 5.97 Å². The van der Waals surface area contributed by atoms with E-state index in [1.807, 2.05) is 39.1 Å². The summed E-state index contributed by atoms with van der Waals surface area (Å²) < 4.78 is 8.96. The van der Waals surface area contributed by atoms with Crippen LogP contribution in [-0.2, 0) is 23.1 Å². The van der Waals surface area contributed by atoms with Crippen molar-refractivity contribution in [3.8, 4) is 0 Å². The van der Waals surface area contributed by atoms with Gasteiger partial charge in [0.1, 0.15) is 17.7 Å². The lowest BCUT2D eigenvalue weighted by Gasteiger charge is -2.32. The van der Waals surface area contributed by atoms with Gasteiger partial charge in [-0.25, -0.2) is 4.98 Å². The number of hydrogen-bond acceptors (Lipinski definition) is 8. The molecule has 1 saturated carbocycles. The minimum absolute atomic E-state index is 0.0410. The summed E-state index contributed by atoms with van der Waals surface area (Å²) in [7, 11) is 1.74. The van der Waals surface area contributed by atoms with Gasteiger partial charge in [0.25, 0.3) is 0 Å². The number of aromatic nitrogens is 4. The molecule has 4 rings (SSSR count). The largest absolute Gasteiger partial charge is 0.464 e. The van der Waals surface area contributed by atoms with E-state index in [0.29, 0.717) is 13.2 Å². The lowest BCUT2D eigenvalue weighted by Crippen LogP contribution is -2.40. The molecule has 3 atom stereocenters. The Morgan fingerprint density at radius 2 is 2.06 bits per heavy atom. The molecule has 0 saturated heterocycles. The molecular formula is C26H37N7O3. The van der Waals surface area contributed by atoms with Crippen molar-refractivity contribution in [1.82, 2.24) is 19.2 Å². The van der Waals surface area contributed by atoms with Crippen LogP contribution in [0.4, 0.5) is 11.6 Å². The predicted octanol–water partition coefficient (Wildman–Crippen LogP) is 2.85. The Labute approximate surface area is 211 Å². The second kappa shape index (κ2) is 11.1. The first-order valence-corrected chi connectivity index (χ1v) is 12.7. The number of pyridine rings is 1. The Balaban J connectivity index is 1.50. The second-order valence-electron chi connectivity index (χ2n) is 10.1. The number of nitrogens with one attached hydrogen (secondary N) is 2. The van der Waals surface area contributed by atoms with Crippen molar-refractivity contribution in [1.29, 1.82) is 0 Å². The number of nitrogens with two attached hydrogens (primary N) is 1. The van der Waals surface area contributed by atoms with Gasteiger partial charge in [-0.1, -0.05) is 32.8 Å². The smallest absolute Gasteiger partial charge is 0.323 e. The van der Waals surface area contributed by atoms with Crippen LogP contribution in [0.15, 0.2) is 35.4 Å². The van der Waals surface area contributed by atoms with E-state index in [4.69, 9.17) is 15.5 Å². The van der Waals surface area contributed by atoms with Gasteiger partial charge in [0, 0.05) is 49.4 Å². The number of hydrogen-bond donors (Lipinski definition) is 3. The number of carbonyl (C=O) groups is 1. The summed E-state index contributed by atoms with van der Waals surface area (Å²) in [5.74, 6) is 1.43. The molecule has 0 radical (unpaired) electrons. The maximum absolute atomic E-state index is 12.3. The van der Waals surface area contributed by atoms with Crippen LogP contribution in [0, 0.1) is 18.8 Å². The van der Waals surface area contributed by atoms with Crippen LogP contribution in [0.1, 0.15) is 50.7 Å². The van der Waals surface area contributed by atoms with Gasteiger partial charge in [-0.2, -0.15) is 9.61 Å². The molecule has 0 bridgehead atoms. The van der Waals surface area contributed by atoms with Gasteiger partial charge in [-0.15, -0.1) is 0 Å².